The van der Waals surface area contributed by atoms with Crippen LogP contribution in [0.4, 0.5) is 0 Å². The number of aryl methyl sites for hydroxylation is 5. The second kappa shape index (κ2) is 21.6. The predicted molar refractivity (Wildman–Crippen MR) is 201 cm³/mol. The quantitative estimate of drug-likeness (QED) is 0.129. The Hall–Kier alpha value is -5.25. The zero-order chi connectivity index (χ0) is 37.1. The van der Waals surface area contributed by atoms with E-state index in [0.717, 1.165) is 16.7 Å². The lowest BCUT2D eigenvalue weighted by Gasteiger charge is -2.12. The van der Waals surface area contributed by atoms with Crippen molar-refractivity contribution >= 4 is 16.8 Å². The molecule has 0 amide bonds. The van der Waals surface area contributed by atoms with E-state index in [2.05, 4.69) is 77.9 Å². The van der Waals surface area contributed by atoms with Crippen LogP contribution >= 0.6 is 11.6 Å². The number of ether oxygens (including phenoxy) is 1. The number of para-hydroxylation sites is 1. The van der Waals surface area contributed by atoms with Gasteiger partial charge in [0.25, 0.3) is 5.24 Å². The largest absolute Gasteiger partial charge is 0.504 e. The monoisotopic (exact) mass is 681 g/mol. The Morgan fingerprint density at radius 1 is 0.633 bits per heavy atom. The molecule has 0 fully saturated rings. The molecule has 0 bridgehead atoms. The van der Waals surface area contributed by atoms with Crippen LogP contribution < -0.4 is 4.74 Å². The number of rotatable bonds is 4. The highest BCUT2D eigenvalue weighted by atomic mass is 35.5. The summed E-state index contributed by atoms with van der Waals surface area (Å²) in [4.78, 5) is 11.2. The molecule has 5 rings (SSSR count). The number of carbonyl (C=O) groups is 1. The third-order valence-electron chi connectivity index (χ3n) is 7.83. The molecule has 6 nitrogen and oxygen atoms in total. The zero-order valence-corrected chi connectivity index (χ0v) is 30.7. The molecule has 0 saturated carbocycles. The van der Waals surface area contributed by atoms with Gasteiger partial charge in [0.05, 0.1) is 6.07 Å². The highest BCUT2D eigenvalue weighted by Gasteiger charge is 2.10. The number of nitrogens with zero attached hydrogens (tertiary/aromatic N) is 1. The minimum Gasteiger partial charge on any atom is -0.504 e. The molecule has 0 unspecified atom stereocenters. The van der Waals surface area contributed by atoms with Crippen molar-refractivity contribution < 1.29 is 24.9 Å². The second-order valence-corrected chi connectivity index (χ2v) is 11.7. The lowest BCUT2D eigenvalue weighted by atomic mass is 10.1. The van der Waals surface area contributed by atoms with Crippen LogP contribution in [0.15, 0.2) is 97.1 Å². The number of phenols is 3. The lowest BCUT2D eigenvalue weighted by Crippen LogP contribution is -2.00. The predicted octanol–water partition coefficient (Wildman–Crippen LogP) is 10.8. The smallest absolute Gasteiger partial charge is 0.252 e. The minimum atomic E-state index is -0.475. The first kappa shape index (κ1) is 41.8. The van der Waals surface area contributed by atoms with E-state index in [1.54, 1.807) is 18.2 Å². The third kappa shape index (κ3) is 14.6. The van der Waals surface area contributed by atoms with Crippen molar-refractivity contribution in [1.82, 2.24) is 0 Å². The van der Waals surface area contributed by atoms with E-state index in [1.165, 1.54) is 58.5 Å². The van der Waals surface area contributed by atoms with E-state index < -0.39 is 11.0 Å². The summed E-state index contributed by atoms with van der Waals surface area (Å²) >= 11 is 5.52. The molecule has 0 aliphatic heterocycles. The molecule has 0 aromatic heterocycles. The average molecular weight is 682 g/mol. The van der Waals surface area contributed by atoms with Crippen LogP contribution in [0.1, 0.15) is 67.4 Å². The van der Waals surface area contributed by atoms with Crippen molar-refractivity contribution in [3.63, 3.8) is 0 Å². The Labute approximate surface area is 296 Å². The first-order valence-corrected chi connectivity index (χ1v) is 16.1. The first-order chi connectivity index (χ1) is 23.1. The van der Waals surface area contributed by atoms with Gasteiger partial charge in [-0.1, -0.05) is 72.8 Å². The minimum absolute atomic E-state index is 0.310. The molecule has 0 saturated heterocycles. The summed E-state index contributed by atoms with van der Waals surface area (Å²) in [5.41, 5.74) is 11.9. The number of phenolic OH excluding ortho intramolecular Hbond substituents is 3. The molecule has 0 heterocycles. The summed E-state index contributed by atoms with van der Waals surface area (Å²) in [5, 5.41) is 32.9. The van der Waals surface area contributed by atoms with Gasteiger partial charge in [0, 0.05) is 12.5 Å². The molecule has 3 N–H and O–H groups in total. The molecule has 0 aliphatic rings. The fourth-order valence-electron chi connectivity index (χ4n) is 4.14. The molecule has 258 valence electrons. The standard InChI is InChI=1S/C16H15ClO2.2C9H12.C6H6O3.C2H3N/c1-11-8-14(16(17)18)9-15(12(11)2)19-10-13-6-4-3-5-7-13;2*1-7-5-4-6-8(2)9(7)3;7-4-2-1-3-5(8)6(4)9;1-2-3/h3-9H,10H2,1-2H3;2*4-6H,1-3H3;1-3,7-9H;1H3. The molecular weight excluding hydrogens is 634 g/mol. The van der Waals surface area contributed by atoms with Gasteiger partial charge >= 0.3 is 0 Å². The van der Waals surface area contributed by atoms with Gasteiger partial charge in [0.2, 0.25) is 0 Å². The van der Waals surface area contributed by atoms with Crippen molar-refractivity contribution in [2.75, 3.05) is 0 Å². The van der Waals surface area contributed by atoms with Crippen LogP contribution in [0.25, 0.3) is 0 Å². The maximum Gasteiger partial charge on any atom is 0.252 e. The van der Waals surface area contributed by atoms with Crippen molar-refractivity contribution in [1.29, 1.82) is 5.26 Å². The Morgan fingerprint density at radius 3 is 1.41 bits per heavy atom. The normalized spacial score (nSPS) is 9.41. The highest BCUT2D eigenvalue weighted by Crippen LogP contribution is 2.32. The van der Waals surface area contributed by atoms with Gasteiger partial charge in [-0.15, -0.1) is 0 Å². The zero-order valence-electron chi connectivity index (χ0n) is 29.9. The molecule has 0 spiro atoms. The molecule has 49 heavy (non-hydrogen) atoms. The van der Waals surface area contributed by atoms with Crippen LogP contribution in [-0.2, 0) is 6.61 Å². The van der Waals surface area contributed by atoms with Crippen molar-refractivity contribution in [3.05, 3.63) is 153 Å². The summed E-state index contributed by atoms with van der Waals surface area (Å²) in [6, 6.07) is 31.9. The van der Waals surface area contributed by atoms with Crippen LogP contribution in [0, 0.1) is 66.7 Å². The number of halogens is 1. The van der Waals surface area contributed by atoms with Gasteiger partial charge in [0.15, 0.2) is 17.2 Å². The van der Waals surface area contributed by atoms with Crippen molar-refractivity contribution in [3.8, 4) is 29.1 Å². The molecular formula is C42H48ClNO5. The lowest BCUT2D eigenvalue weighted by molar-refractivity contribution is 0.108. The van der Waals surface area contributed by atoms with E-state index >= 15 is 0 Å². The Balaban J connectivity index is 0.000000339. The fraction of sp³-hybridized carbons (Fsp3) is 0.238. The number of aromatic hydroxyl groups is 3. The van der Waals surface area contributed by atoms with Gasteiger partial charge in [-0.05, 0) is 141 Å². The summed E-state index contributed by atoms with van der Waals surface area (Å²) in [6.45, 7) is 18.7. The SMILES string of the molecule is CC#N.Cc1cc(C(=O)Cl)cc(OCc2ccccc2)c1C.Cc1cccc(C)c1C.Cc1cccc(C)c1C.Oc1cccc(O)c1O. The molecule has 0 aliphatic carbocycles. The maximum absolute atomic E-state index is 11.2. The molecule has 0 radical (unpaired) electrons. The van der Waals surface area contributed by atoms with Gasteiger partial charge < -0.3 is 20.1 Å². The highest BCUT2D eigenvalue weighted by molar-refractivity contribution is 6.67. The maximum atomic E-state index is 11.2. The molecule has 5 aromatic rings. The topological polar surface area (TPSA) is 111 Å². The van der Waals surface area contributed by atoms with Gasteiger partial charge in [-0.3, -0.25) is 4.79 Å². The van der Waals surface area contributed by atoms with Crippen LogP contribution in [0.3, 0.4) is 0 Å². The van der Waals surface area contributed by atoms with Crippen LogP contribution in [-0.4, -0.2) is 20.6 Å². The summed E-state index contributed by atoms with van der Waals surface area (Å²) in [6.07, 6.45) is 0. The summed E-state index contributed by atoms with van der Waals surface area (Å²) in [5.74, 6) is -0.393. The number of benzene rings is 5. The van der Waals surface area contributed by atoms with Gasteiger partial charge in [0.1, 0.15) is 12.4 Å². The van der Waals surface area contributed by atoms with Gasteiger partial charge in [-0.25, -0.2) is 0 Å². The summed E-state index contributed by atoms with van der Waals surface area (Å²) < 4.78 is 5.78. The Bertz CT molecular complexity index is 1650. The number of carbonyl (C=O) groups excluding carboxylic acids is 1. The number of hydrogen-bond donors (Lipinski definition) is 3. The van der Waals surface area contributed by atoms with Crippen molar-refractivity contribution in [2.45, 2.75) is 68.9 Å². The Morgan fingerprint density at radius 2 is 1.04 bits per heavy atom. The van der Waals surface area contributed by atoms with E-state index in [0.29, 0.717) is 17.9 Å². The van der Waals surface area contributed by atoms with Crippen LogP contribution in [0.5, 0.6) is 23.0 Å². The van der Waals surface area contributed by atoms with E-state index in [9.17, 15) is 4.79 Å². The number of nitriles is 1. The van der Waals surface area contributed by atoms with E-state index in [4.69, 9.17) is 36.9 Å². The fourth-order valence-corrected chi connectivity index (χ4v) is 4.25. The first-order valence-electron chi connectivity index (χ1n) is 15.7. The van der Waals surface area contributed by atoms with Crippen molar-refractivity contribution in [2.24, 2.45) is 0 Å². The number of hydrogen-bond acceptors (Lipinski definition) is 6. The van der Waals surface area contributed by atoms with E-state index in [1.807, 2.05) is 44.2 Å². The van der Waals surface area contributed by atoms with Crippen LogP contribution in [0.2, 0.25) is 0 Å². The van der Waals surface area contributed by atoms with Gasteiger partial charge in [-0.2, -0.15) is 5.26 Å². The molecule has 0 atom stereocenters. The van der Waals surface area contributed by atoms with E-state index in [-0.39, 0.29) is 11.5 Å². The molecule has 7 heteroatoms. The second-order valence-electron chi connectivity index (χ2n) is 11.4. The average Bonchev–Trinajstić information content (AvgIpc) is 3.07. The summed E-state index contributed by atoms with van der Waals surface area (Å²) in [7, 11) is 0. The third-order valence-corrected chi connectivity index (χ3v) is 8.05. The Kier molecular flexibility index (Phi) is 18.4. The molecule has 5 aromatic carbocycles.